The van der Waals surface area contributed by atoms with Crippen molar-refractivity contribution in [3.8, 4) is 5.75 Å². The molecule has 3 nitrogen and oxygen atoms in total. The fraction of sp³-hybridized carbons (Fsp3) is 0.429. The van der Waals surface area contributed by atoms with Crippen LogP contribution in [0.3, 0.4) is 0 Å². The molecule has 0 aliphatic carbocycles. The highest BCUT2D eigenvalue weighted by atomic mass is 16.5. The summed E-state index contributed by atoms with van der Waals surface area (Å²) in [6, 6.07) is 18.5. The minimum Gasteiger partial charge on any atom is -0.496 e. The molecule has 2 aliphatic heterocycles. The molecule has 2 atom stereocenters. The zero-order valence-electron chi connectivity index (χ0n) is 14.6. The molecule has 126 valence electrons. The zero-order valence-corrected chi connectivity index (χ0v) is 14.6. The molecule has 24 heavy (non-hydrogen) atoms. The molecule has 0 amide bonds. The van der Waals surface area contributed by atoms with Gasteiger partial charge in [-0.3, -0.25) is 4.90 Å². The van der Waals surface area contributed by atoms with Crippen LogP contribution in [0.25, 0.3) is 0 Å². The largest absolute Gasteiger partial charge is 0.496 e. The molecule has 0 N–H and O–H groups in total. The number of piperazine rings is 1. The van der Waals surface area contributed by atoms with E-state index in [9.17, 15) is 0 Å². The molecule has 1 saturated heterocycles. The van der Waals surface area contributed by atoms with Gasteiger partial charge in [0.2, 0.25) is 0 Å². The highest BCUT2D eigenvalue weighted by molar-refractivity contribution is 5.62. The number of hydrogen-bond acceptors (Lipinski definition) is 3. The molecular weight excluding hydrogens is 296 g/mol. The van der Waals surface area contributed by atoms with E-state index >= 15 is 0 Å². The molecular formula is C21H26N2O. The van der Waals surface area contributed by atoms with E-state index in [0.29, 0.717) is 12.1 Å². The average Bonchev–Trinajstić information content (AvgIpc) is 2.66. The Balaban J connectivity index is 1.53. The predicted molar refractivity (Wildman–Crippen MR) is 98.9 cm³/mol. The van der Waals surface area contributed by atoms with E-state index in [4.69, 9.17) is 4.74 Å². The van der Waals surface area contributed by atoms with Gasteiger partial charge in [-0.15, -0.1) is 0 Å². The molecule has 2 aromatic carbocycles. The smallest absolute Gasteiger partial charge is 0.124 e. The van der Waals surface area contributed by atoms with Gasteiger partial charge >= 0.3 is 0 Å². The van der Waals surface area contributed by atoms with E-state index in [1.165, 1.54) is 23.2 Å². The van der Waals surface area contributed by atoms with Crippen LogP contribution in [0.5, 0.6) is 5.75 Å². The first kappa shape index (κ1) is 15.5. The van der Waals surface area contributed by atoms with Gasteiger partial charge in [-0.1, -0.05) is 36.4 Å². The second-order valence-corrected chi connectivity index (χ2v) is 6.93. The lowest BCUT2D eigenvalue weighted by Gasteiger charge is -2.48. The molecule has 0 saturated carbocycles. The number of anilines is 1. The lowest BCUT2D eigenvalue weighted by molar-refractivity contribution is 0.165. The molecule has 2 aromatic rings. The first-order valence-corrected chi connectivity index (χ1v) is 8.99. The summed E-state index contributed by atoms with van der Waals surface area (Å²) in [6.07, 6.45) is 2.33. The number of hydrogen-bond donors (Lipinski definition) is 0. The number of benzene rings is 2. The lowest BCUT2D eigenvalue weighted by atomic mass is 9.92. The Labute approximate surface area is 144 Å². The number of nitrogens with zero attached hydrogens (tertiary/aromatic N) is 2. The third-order valence-corrected chi connectivity index (χ3v) is 5.71. The Kier molecular flexibility index (Phi) is 4.19. The molecule has 3 heteroatoms. The first-order valence-electron chi connectivity index (χ1n) is 8.99. The summed E-state index contributed by atoms with van der Waals surface area (Å²) in [5, 5.41) is 0. The van der Waals surface area contributed by atoms with Crippen molar-refractivity contribution < 1.29 is 4.74 Å². The van der Waals surface area contributed by atoms with Crippen molar-refractivity contribution in [1.82, 2.24) is 4.90 Å². The summed E-state index contributed by atoms with van der Waals surface area (Å²) >= 11 is 0. The molecule has 1 fully saturated rings. The Morgan fingerprint density at radius 2 is 1.88 bits per heavy atom. The summed E-state index contributed by atoms with van der Waals surface area (Å²) in [7, 11) is 1.78. The second kappa shape index (κ2) is 6.48. The second-order valence-electron chi connectivity index (χ2n) is 6.93. The van der Waals surface area contributed by atoms with Gasteiger partial charge < -0.3 is 9.64 Å². The zero-order chi connectivity index (χ0) is 16.5. The van der Waals surface area contributed by atoms with Gasteiger partial charge in [0, 0.05) is 43.0 Å². The van der Waals surface area contributed by atoms with Crippen molar-refractivity contribution in [3.63, 3.8) is 0 Å². The average molecular weight is 322 g/mol. The molecule has 2 heterocycles. The molecule has 0 radical (unpaired) electrons. The van der Waals surface area contributed by atoms with E-state index < -0.39 is 0 Å². The molecule has 0 aromatic heterocycles. The number of methoxy groups -OCH3 is 1. The van der Waals surface area contributed by atoms with Crippen LogP contribution in [0.4, 0.5) is 5.69 Å². The van der Waals surface area contributed by atoms with Crippen molar-refractivity contribution in [2.45, 2.75) is 31.8 Å². The SMILES string of the molecule is COc1cccc2c1CC[C@@H]1CN([C@@H](C)c3ccccc3)CCN21. The Morgan fingerprint density at radius 3 is 2.67 bits per heavy atom. The Hall–Kier alpha value is -2.00. The van der Waals surface area contributed by atoms with Gasteiger partial charge in [-0.05, 0) is 37.5 Å². The predicted octanol–water partition coefficient (Wildman–Crippen LogP) is 3.89. The normalized spacial score (nSPS) is 21.8. The quantitative estimate of drug-likeness (QED) is 0.852. The van der Waals surface area contributed by atoms with Crippen LogP contribution in [-0.2, 0) is 6.42 Å². The van der Waals surface area contributed by atoms with Crippen LogP contribution in [0.15, 0.2) is 48.5 Å². The van der Waals surface area contributed by atoms with Crippen molar-refractivity contribution in [2.75, 3.05) is 31.6 Å². The minimum atomic E-state index is 0.486. The summed E-state index contributed by atoms with van der Waals surface area (Å²) in [4.78, 5) is 5.25. The van der Waals surface area contributed by atoms with E-state index in [-0.39, 0.29) is 0 Å². The maximum Gasteiger partial charge on any atom is 0.124 e. The maximum atomic E-state index is 5.57. The third kappa shape index (κ3) is 2.67. The molecule has 0 spiro atoms. The van der Waals surface area contributed by atoms with Gasteiger partial charge in [0.25, 0.3) is 0 Å². The highest BCUT2D eigenvalue weighted by Gasteiger charge is 2.34. The standard InChI is InChI=1S/C21H26N2O/c1-16(17-7-4-3-5-8-17)22-13-14-23-18(15-22)11-12-19-20(23)9-6-10-21(19)24-2/h3-10,16,18H,11-15H2,1-2H3/t16-,18+/m0/s1. The molecule has 4 rings (SSSR count). The van der Waals surface area contributed by atoms with Crippen LogP contribution in [0, 0.1) is 0 Å². The highest BCUT2D eigenvalue weighted by Crippen LogP contribution is 2.38. The van der Waals surface area contributed by atoms with Crippen molar-refractivity contribution >= 4 is 5.69 Å². The van der Waals surface area contributed by atoms with Crippen molar-refractivity contribution in [1.29, 1.82) is 0 Å². The van der Waals surface area contributed by atoms with Crippen LogP contribution in [-0.4, -0.2) is 37.7 Å². The van der Waals surface area contributed by atoms with E-state index in [1.807, 2.05) is 0 Å². The van der Waals surface area contributed by atoms with Gasteiger partial charge in [0.1, 0.15) is 5.75 Å². The maximum absolute atomic E-state index is 5.57. The minimum absolute atomic E-state index is 0.486. The van der Waals surface area contributed by atoms with Crippen LogP contribution >= 0.6 is 0 Å². The van der Waals surface area contributed by atoms with Crippen molar-refractivity contribution in [3.05, 3.63) is 59.7 Å². The fourth-order valence-electron chi connectivity index (χ4n) is 4.31. The Bertz CT molecular complexity index is 700. The van der Waals surface area contributed by atoms with E-state index in [2.05, 4.69) is 65.3 Å². The third-order valence-electron chi connectivity index (χ3n) is 5.71. The monoisotopic (exact) mass is 322 g/mol. The number of fused-ring (bicyclic) bond motifs is 3. The van der Waals surface area contributed by atoms with Gasteiger partial charge in [0.05, 0.1) is 7.11 Å². The van der Waals surface area contributed by atoms with Crippen LogP contribution < -0.4 is 9.64 Å². The van der Waals surface area contributed by atoms with Gasteiger partial charge in [-0.2, -0.15) is 0 Å². The summed E-state index contributed by atoms with van der Waals surface area (Å²) in [5.74, 6) is 1.05. The first-order chi connectivity index (χ1) is 11.8. The molecule has 0 unspecified atom stereocenters. The van der Waals surface area contributed by atoms with Crippen LogP contribution in [0.2, 0.25) is 0 Å². The van der Waals surface area contributed by atoms with Gasteiger partial charge in [-0.25, -0.2) is 0 Å². The molecule has 0 bridgehead atoms. The van der Waals surface area contributed by atoms with E-state index in [0.717, 1.165) is 31.8 Å². The van der Waals surface area contributed by atoms with Gasteiger partial charge in [0.15, 0.2) is 0 Å². The topological polar surface area (TPSA) is 15.7 Å². The van der Waals surface area contributed by atoms with E-state index in [1.54, 1.807) is 7.11 Å². The Morgan fingerprint density at radius 1 is 1.04 bits per heavy atom. The number of ether oxygens (including phenoxy) is 1. The summed E-state index contributed by atoms with van der Waals surface area (Å²) < 4.78 is 5.57. The fourth-order valence-corrected chi connectivity index (χ4v) is 4.31. The summed E-state index contributed by atoms with van der Waals surface area (Å²) in [5.41, 5.74) is 4.20. The summed E-state index contributed by atoms with van der Waals surface area (Å²) in [6.45, 7) is 5.70. The lowest BCUT2D eigenvalue weighted by Crippen LogP contribution is -2.55. The van der Waals surface area contributed by atoms with Crippen LogP contribution in [0.1, 0.15) is 30.5 Å². The number of rotatable bonds is 3. The van der Waals surface area contributed by atoms with Crippen molar-refractivity contribution in [2.24, 2.45) is 0 Å². The molecule has 2 aliphatic rings.